The Morgan fingerprint density at radius 1 is 1.31 bits per heavy atom. The van der Waals surface area contributed by atoms with E-state index in [4.69, 9.17) is 5.73 Å². The highest BCUT2D eigenvalue weighted by atomic mass is 127. The molecule has 1 nitrogen and oxygen atoms in total. The molecule has 0 aliphatic rings. The molecule has 0 fully saturated rings. The van der Waals surface area contributed by atoms with Crippen LogP contribution in [0, 0.1) is 15.2 Å². The third kappa shape index (κ3) is 2.60. The van der Waals surface area contributed by atoms with Gasteiger partial charge in [-0.15, -0.1) is 0 Å². The van der Waals surface area contributed by atoms with Crippen molar-refractivity contribution >= 4 is 22.6 Å². The van der Waals surface area contributed by atoms with Gasteiger partial charge in [0, 0.05) is 9.13 Å². The monoisotopic (exact) mass is 297 g/mol. The normalized spacial score (nSPS) is 10.5. The Labute approximate surface area is 89.5 Å². The van der Waals surface area contributed by atoms with Gasteiger partial charge in [-0.3, -0.25) is 0 Å². The molecule has 0 atom stereocenters. The van der Waals surface area contributed by atoms with Crippen molar-refractivity contribution in [3.05, 3.63) is 32.9 Å². The minimum atomic E-state index is -0.785. The molecule has 4 heteroatoms. The first kappa shape index (κ1) is 10.8. The standard InChI is InChI=1S/C9H10F2IN/c10-7-3-4-8(12)6(9(7)11)2-1-5-13/h3-4H,1-2,5,13H2. The zero-order valence-electron chi connectivity index (χ0n) is 6.99. The molecule has 13 heavy (non-hydrogen) atoms. The van der Waals surface area contributed by atoms with Crippen LogP contribution in [-0.2, 0) is 6.42 Å². The van der Waals surface area contributed by atoms with E-state index in [0.717, 1.165) is 9.64 Å². The molecular formula is C9H10F2IN. The summed E-state index contributed by atoms with van der Waals surface area (Å²) in [6.45, 7) is 0.492. The van der Waals surface area contributed by atoms with E-state index < -0.39 is 11.6 Å². The van der Waals surface area contributed by atoms with E-state index in [2.05, 4.69) is 0 Å². The summed E-state index contributed by atoms with van der Waals surface area (Å²) in [5, 5.41) is 0. The molecule has 1 aromatic rings. The zero-order valence-corrected chi connectivity index (χ0v) is 9.14. The molecule has 1 rings (SSSR count). The molecular weight excluding hydrogens is 287 g/mol. The van der Waals surface area contributed by atoms with Crippen LogP contribution >= 0.6 is 22.6 Å². The summed E-state index contributed by atoms with van der Waals surface area (Å²) < 4.78 is 26.7. The number of nitrogens with two attached hydrogens (primary N) is 1. The average molecular weight is 297 g/mol. The van der Waals surface area contributed by atoms with E-state index in [1.807, 2.05) is 22.6 Å². The average Bonchev–Trinajstić information content (AvgIpc) is 2.12. The molecule has 0 aliphatic carbocycles. The predicted molar refractivity (Wildman–Crippen MR) is 56.5 cm³/mol. The molecule has 0 aliphatic heterocycles. The topological polar surface area (TPSA) is 26.0 Å². The fourth-order valence-electron chi connectivity index (χ4n) is 1.08. The second-order valence-electron chi connectivity index (χ2n) is 2.71. The van der Waals surface area contributed by atoms with E-state index in [-0.39, 0.29) is 0 Å². The number of benzene rings is 1. The molecule has 72 valence electrons. The lowest BCUT2D eigenvalue weighted by Crippen LogP contribution is -2.04. The Morgan fingerprint density at radius 2 is 2.00 bits per heavy atom. The zero-order chi connectivity index (χ0) is 9.84. The van der Waals surface area contributed by atoms with Crippen molar-refractivity contribution < 1.29 is 8.78 Å². The summed E-state index contributed by atoms with van der Waals surface area (Å²) in [5.74, 6) is -1.52. The van der Waals surface area contributed by atoms with Gasteiger partial charge in [0.05, 0.1) is 0 Å². The van der Waals surface area contributed by atoms with Gasteiger partial charge in [-0.2, -0.15) is 0 Å². The van der Waals surface area contributed by atoms with Crippen molar-refractivity contribution in [2.75, 3.05) is 6.54 Å². The predicted octanol–water partition coefficient (Wildman–Crippen LogP) is 2.46. The van der Waals surface area contributed by atoms with Gasteiger partial charge in [-0.25, -0.2) is 8.78 Å². The molecule has 0 aromatic heterocycles. The third-order valence-corrected chi connectivity index (χ3v) is 2.78. The summed E-state index contributed by atoms with van der Waals surface area (Å²) in [7, 11) is 0. The number of hydrogen-bond donors (Lipinski definition) is 1. The van der Waals surface area contributed by atoms with E-state index >= 15 is 0 Å². The minimum Gasteiger partial charge on any atom is -0.330 e. The van der Waals surface area contributed by atoms with Crippen LogP contribution in [0.4, 0.5) is 8.78 Å². The van der Waals surface area contributed by atoms with E-state index in [1.165, 1.54) is 0 Å². The highest BCUT2D eigenvalue weighted by Crippen LogP contribution is 2.19. The van der Waals surface area contributed by atoms with Gasteiger partial charge in [-0.1, -0.05) is 0 Å². The van der Waals surface area contributed by atoms with Crippen molar-refractivity contribution in [2.24, 2.45) is 5.73 Å². The van der Waals surface area contributed by atoms with Gasteiger partial charge in [0.25, 0.3) is 0 Å². The van der Waals surface area contributed by atoms with Gasteiger partial charge in [0.1, 0.15) is 0 Å². The van der Waals surface area contributed by atoms with Crippen LogP contribution in [-0.4, -0.2) is 6.54 Å². The number of rotatable bonds is 3. The highest BCUT2D eigenvalue weighted by Gasteiger charge is 2.10. The first-order valence-electron chi connectivity index (χ1n) is 3.99. The van der Waals surface area contributed by atoms with Crippen LogP contribution in [0.5, 0.6) is 0 Å². The first-order chi connectivity index (χ1) is 6.16. The van der Waals surface area contributed by atoms with Crippen LogP contribution < -0.4 is 5.73 Å². The van der Waals surface area contributed by atoms with Crippen molar-refractivity contribution in [3.8, 4) is 0 Å². The largest absolute Gasteiger partial charge is 0.330 e. The van der Waals surface area contributed by atoms with Gasteiger partial charge >= 0.3 is 0 Å². The fraction of sp³-hybridized carbons (Fsp3) is 0.333. The Bertz CT molecular complexity index is 302. The lowest BCUT2D eigenvalue weighted by atomic mass is 10.1. The van der Waals surface area contributed by atoms with Gasteiger partial charge < -0.3 is 5.73 Å². The summed E-state index contributed by atoms with van der Waals surface area (Å²) in [5.41, 5.74) is 5.73. The highest BCUT2D eigenvalue weighted by molar-refractivity contribution is 14.1. The number of halogens is 3. The molecule has 0 unspecified atom stereocenters. The van der Waals surface area contributed by atoms with Crippen molar-refractivity contribution in [1.29, 1.82) is 0 Å². The van der Waals surface area contributed by atoms with Crippen molar-refractivity contribution in [1.82, 2.24) is 0 Å². The molecule has 0 amide bonds. The molecule has 2 N–H and O–H groups in total. The Hall–Kier alpha value is -0.230. The smallest absolute Gasteiger partial charge is 0.163 e. The molecule has 0 heterocycles. The first-order valence-corrected chi connectivity index (χ1v) is 5.07. The van der Waals surface area contributed by atoms with Crippen LogP contribution in [0.15, 0.2) is 12.1 Å². The third-order valence-electron chi connectivity index (χ3n) is 1.77. The number of hydrogen-bond acceptors (Lipinski definition) is 1. The maximum atomic E-state index is 13.2. The van der Waals surface area contributed by atoms with Crippen LogP contribution in [0.2, 0.25) is 0 Å². The lowest BCUT2D eigenvalue weighted by molar-refractivity contribution is 0.496. The molecule has 0 spiro atoms. The fourth-order valence-corrected chi connectivity index (χ4v) is 1.76. The maximum Gasteiger partial charge on any atom is 0.163 e. The second kappa shape index (κ2) is 4.85. The van der Waals surface area contributed by atoms with Crippen LogP contribution in [0.25, 0.3) is 0 Å². The molecule has 0 saturated heterocycles. The van der Waals surface area contributed by atoms with E-state index in [0.29, 0.717) is 24.9 Å². The van der Waals surface area contributed by atoms with Crippen LogP contribution in [0.1, 0.15) is 12.0 Å². The Morgan fingerprint density at radius 3 is 2.62 bits per heavy atom. The maximum absolute atomic E-state index is 13.2. The molecule has 0 saturated carbocycles. The van der Waals surface area contributed by atoms with Gasteiger partial charge in [0.2, 0.25) is 0 Å². The SMILES string of the molecule is NCCCc1c(I)ccc(F)c1F. The summed E-state index contributed by atoms with van der Waals surface area (Å²) in [6.07, 6.45) is 1.18. The summed E-state index contributed by atoms with van der Waals surface area (Å²) in [6, 6.07) is 2.72. The summed E-state index contributed by atoms with van der Waals surface area (Å²) >= 11 is 1.99. The second-order valence-corrected chi connectivity index (χ2v) is 3.88. The van der Waals surface area contributed by atoms with E-state index in [1.54, 1.807) is 6.07 Å². The quantitative estimate of drug-likeness (QED) is 0.673. The van der Waals surface area contributed by atoms with Crippen molar-refractivity contribution in [2.45, 2.75) is 12.8 Å². The Balaban J connectivity index is 2.96. The molecule has 0 radical (unpaired) electrons. The van der Waals surface area contributed by atoms with E-state index in [9.17, 15) is 8.78 Å². The lowest BCUT2D eigenvalue weighted by Gasteiger charge is -2.05. The van der Waals surface area contributed by atoms with Gasteiger partial charge in [-0.05, 0) is 54.1 Å². The van der Waals surface area contributed by atoms with Gasteiger partial charge in [0.15, 0.2) is 11.6 Å². The van der Waals surface area contributed by atoms with Crippen molar-refractivity contribution in [3.63, 3.8) is 0 Å². The summed E-state index contributed by atoms with van der Waals surface area (Å²) in [4.78, 5) is 0. The minimum absolute atomic E-state index is 0.436. The van der Waals surface area contributed by atoms with Crippen LogP contribution in [0.3, 0.4) is 0 Å². The Kier molecular flexibility index (Phi) is 4.05. The molecule has 1 aromatic carbocycles. The molecule has 0 bridgehead atoms.